The van der Waals surface area contributed by atoms with Crippen LogP contribution in [-0.2, 0) is 9.59 Å². The van der Waals surface area contributed by atoms with Gasteiger partial charge in [0.15, 0.2) is 0 Å². The minimum Gasteiger partial charge on any atom is -0.507 e. The monoisotopic (exact) mass is 507 g/mol. The van der Waals surface area contributed by atoms with Crippen molar-refractivity contribution in [1.82, 2.24) is 10.2 Å². The van der Waals surface area contributed by atoms with E-state index in [4.69, 9.17) is 9.47 Å². The maximum atomic E-state index is 13.3. The van der Waals surface area contributed by atoms with E-state index in [0.29, 0.717) is 46.0 Å². The number of carbonyl (C=O) groups is 2. The second kappa shape index (κ2) is 11.3. The Bertz CT molecular complexity index is 1270. The van der Waals surface area contributed by atoms with Crippen LogP contribution in [0.4, 0.5) is 5.13 Å². The lowest BCUT2D eigenvalue weighted by molar-refractivity contribution is -0.132. The largest absolute Gasteiger partial charge is 0.507 e. The van der Waals surface area contributed by atoms with Crippen LogP contribution in [0.3, 0.4) is 0 Å². The Morgan fingerprint density at radius 2 is 1.81 bits per heavy atom. The molecule has 1 aliphatic rings. The average Bonchev–Trinajstić information content (AvgIpc) is 3.42. The molecular formula is C27H29N3O5S. The molecule has 1 atom stereocenters. The first-order chi connectivity index (χ1) is 17.4. The summed E-state index contributed by atoms with van der Waals surface area (Å²) in [6, 6.07) is 13.1. The first kappa shape index (κ1) is 25.4. The molecule has 3 aromatic rings. The third-order valence-electron chi connectivity index (χ3n) is 5.80. The maximum absolute atomic E-state index is 13.3. The van der Waals surface area contributed by atoms with Crippen molar-refractivity contribution in [1.29, 1.82) is 0 Å². The SMILES string of the molecule is CCCCCOc1cccc(C2C(=C(O)c3ccc(OCC)cc3)C(=O)C(=O)N2c2nnc(C)s2)c1. The summed E-state index contributed by atoms with van der Waals surface area (Å²) in [5.74, 6) is -0.544. The van der Waals surface area contributed by atoms with Crippen molar-refractivity contribution in [3.05, 3.63) is 70.2 Å². The van der Waals surface area contributed by atoms with E-state index in [0.717, 1.165) is 19.3 Å². The van der Waals surface area contributed by atoms with Gasteiger partial charge in [0.25, 0.3) is 5.78 Å². The molecule has 0 spiro atoms. The number of amides is 1. The molecule has 1 amide bonds. The number of anilines is 1. The zero-order chi connectivity index (χ0) is 25.7. The van der Waals surface area contributed by atoms with Crippen LogP contribution >= 0.6 is 11.3 Å². The lowest BCUT2D eigenvalue weighted by atomic mass is 9.95. The molecule has 0 saturated carbocycles. The molecule has 1 N–H and O–H groups in total. The Kier molecular flexibility index (Phi) is 8.00. The number of ketones is 1. The van der Waals surface area contributed by atoms with E-state index in [-0.39, 0.29) is 11.3 Å². The second-order valence-corrected chi connectivity index (χ2v) is 9.52. The molecular weight excluding hydrogens is 478 g/mol. The molecule has 2 aromatic carbocycles. The Hall–Kier alpha value is -3.72. The molecule has 8 nitrogen and oxygen atoms in total. The van der Waals surface area contributed by atoms with Crippen LogP contribution in [-0.4, -0.2) is 40.2 Å². The van der Waals surface area contributed by atoms with Crippen LogP contribution in [0.2, 0.25) is 0 Å². The number of carbonyl (C=O) groups excluding carboxylic acids is 2. The molecule has 188 valence electrons. The summed E-state index contributed by atoms with van der Waals surface area (Å²) >= 11 is 1.21. The van der Waals surface area contributed by atoms with Gasteiger partial charge in [-0.2, -0.15) is 0 Å². The molecule has 0 radical (unpaired) electrons. The van der Waals surface area contributed by atoms with Crippen molar-refractivity contribution in [3.63, 3.8) is 0 Å². The number of ether oxygens (including phenoxy) is 2. The highest BCUT2D eigenvalue weighted by Crippen LogP contribution is 2.43. The van der Waals surface area contributed by atoms with E-state index >= 15 is 0 Å². The van der Waals surface area contributed by atoms with Crippen molar-refractivity contribution in [3.8, 4) is 11.5 Å². The quantitative estimate of drug-likeness (QED) is 0.169. The van der Waals surface area contributed by atoms with Crippen LogP contribution in [0.15, 0.2) is 54.1 Å². The number of aliphatic hydroxyl groups is 1. The first-order valence-electron chi connectivity index (χ1n) is 12.0. The minimum absolute atomic E-state index is 0.0138. The summed E-state index contributed by atoms with van der Waals surface area (Å²) < 4.78 is 11.4. The number of hydrogen-bond acceptors (Lipinski definition) is 8. The van der Waals surface area contributed by atoms with E-state index in [2.05, 4.69) is 17.1 Å². The standard InChI is InChI=1S/C27H29N3O5S/c1-4-6-7-15-35-21-10-8-9-19(16-21)23-22(24(31)18-11-13-20(14-12-18)34-5-2)25(32)26(33)30(23)27-29-28-17(3)36-27/h8-14,16,23,31H,4-7,15H2,1-3H3. The smallest absolute Gasteiger partial charge is 0.301 e. The van der Waals surface area contributed by atoms with Crippen molar-refractivity contribution >= 4 is 33.9 Å². The van der Waals surface area contributed by atoms with Gasteiger partial charge in [0.05, 0.1) is 24.8 Å². The van der Waals surface area contributed by atoms with E-state index in [1.807, 2.05) is 25.1 Å². The lowest BCUT2D eigenvalue weighted by Crippen LogP contribution is -2.29. The number of hydrogen-bond donors (Lipinski definition) is 1. The minimum atomic E-state index is -0.886. The van der Waals surface area contributed by atoms with Gasteiger partial charge in [-0.15, -0.1) is 10.2 Å². The molecule has 1 fully saturated rings. The van der Waals surface area contributed by atoms with E-state index in [1.165, 1.54) is 16.2 Å². The predicted octanol–water partition coefficient (Wildman–Crippen LogP) is 5.44. The highest BCUT2D eigenvalue weighted by molar-refractivity contribution is 7.15. The van der Waals surface area contributed by atoms with E-state index in [1.54, 1.807) is 37.3 Å². The summed E-state index contributed by atoms with van der Waals surface area (Å²) in [4.78, 5) is 27.8. The van der Waals surface area contributed by atoms with Gasteiger partial charge < -0.3 is 14.6 Å². The van der Waals surface area contributed by atoms with Crippen molar-refractivity contribution in [2.75, 3.05) is 18.1 Å². The topological polar surface area (TPSA) is 102 Å². The number of aromatic nitrogens is 2. The number of unbranched alkanes of at least 4 members (excludes halogenated alkanes) is 2. The predicted molar refractivity (Wildman–Crippen MR) is 139 cm³/mol. The van der Waals surface area contributed by atoms with Gasteiger partial charge in [-0.25, -0.2) is 0 Å². The highest BCUT2D eigenvalue weighted by Gasteiger charge is 2.48. The number of benzene rings is 2. The van der Waals surface area contributed by atoms with Gasteiger partial charge in [0, 0.05) is 5.56 Å². The average molecular weight is 508 g/mol. The number of nitrogens with zero attached hydrogens (tertiary/aromatic N) is 3. The summed E-state index contributed by atoms with van der Waals surface area (Å²) in [6.45, 7) is 6.86. The Morgan fingerprint density at radius 3 is 2.47 bits per heavy atom. The number of Topliss-reactive ketones (excluding diaryl/α,β-unsaturated/α-hetero) is 1. The molecule has 2 heterocycles. The highest BCUT2D eigenvalue weighted by atomic mass is 32.1. The number of aryl methyl sites for hydroxylation is 1. The second-order valence-electron chi connectivity index (χ2n) is 8.36. The summed E-state index contributed by atoms with van der Waals surface area (Å²) in [7, 11) is 0. The fourth-order valence-corrected chi connectivity index (χ4v) is 4.79. The van der Waals surface area contributed by atoms with Gasteiger partial charge in [0.2, 0.25) is 5.13 Å². The van der Waals surface area contributed by atoms with Gasteiger partial charge in [-0.1, -0.05) is 43.2 Å². The number of rotatable bonds is 10. The Balaban J connectivity index is 1.79. The number of aliphatic hydroxyl groups excluding tert-OH is 1. The molecule has 4 rings (SSSR count). The zero-order valence-corrected chi connectivity index (χ0v) is 21.4. The fourth-order valence-electron chi connectivity index (χ4n) is 4.08. The van der Waals surface area contributed by atoms with Gasteiger partial charge in [-0.05, 0) is 62.2 Å². The third kappa shape index (κ3) is 5.26. The maximum Gasteiger partial charge on any atom is 0.301 e. The molecule has 1 unspecified atom stereocenters. The van der Waals surface area contributed by atoms with Crippen molar-refractivity contribution < 1.29 is 24.2 Å². The third-order valence-corrected chi connectivity index (χ3v) is 6.63. The Labute approximate surface area is 214 Å². The molecule has 1 aliphatic heterocycles. The normalized spacial score (nSPS) is 17.0. The van der Waals surface area contributed by atoms with Crippen LogP contribution in [0.1, 0.15) is 55.3 Å². The fraction of sp³-hybridized carbons (Fsp3) is 0.333. The lowest BCUT2D eigenvalue weighted by Gasteiger charge is -2.23. The first-order valence-corrected chi connectivity index (χ1v) is 12.8. The van der Waals surface area contributed by atoms with Crippen LogP contribution < -0.4 is 14.4 Å². The zero-order valence-electron chi connectivity index (χ0n) is 20.6. The summed E-state index contributed by atoms with van der Waals surface area (Å²) in [5, 5.41) is 20.4. The van der Waals surface area contributed by atoms with Crippen LogP contribution in [0, 0.1) is 6.92 Å². The molecule has 0 bridgehead atoms. The molecule has 0 aliphatic carbocycles. The molecule has 9 heteroatoms. The molecule has 1 saturated heterocycles. The Morgan fingerprint density at radius 1 is 1.03 bits per heavy atom. The van der Waals surface area contributed by atoms with Crippen molar-refractivity contribution in [2.24, 2.45) is 0 Å². The van der Waals surface area contributed by atoms with E-state index in [9.17, 15) is 14.7 Å². The summed E-state index contributed by atoms with van der Waals surface area (Å²) in [5.41, 5.74) is 1.02. The van der Waals surface area contributed by atoms with Gasteiger partial charge in [0.1, 0.15) is 22.3 Å². The molecule has 36 heavy (non-hydrogen) atoms. The van der Waals surface area contributed by atoms with Gasteiger partial charge in [-0.3, -0.25) is 14.5 Å². The van der Waals surface area contributed by atoms with E-state index < -0.39 is 17.7 Å². The van der Waals surface area contributed by atoms with Crippen LogP contribution in [0.25, 0.3) is 5.76 Å². The van der Waals surface area contributed by atoms with Crippen molar-refractivity contribution in [2.45, 2.75) is 46.1 Å². The van der Waals surface area contributed by atoms with Gasteiger partial charge >= 0.3 is 5.91 Å². The molecule has 1 aromatic heterocycles. The summed E-state index contributed by atoms with van der Waals surface area (Å²) in [6.07, 6.45) is 3.09. The van der Waals surface area contributed by atoms with Crippen LogP contribution in [0.5, 0.6) is 11.5 Å².